The monoisotopic (exact) mass is 469 g/mol. The van der Waals surface area contributed by atoms with Crippen molar-refractivity contribution in [2.45, 2.75) is 0 Å². The van der Waals surface area contributed by atoms with Crippen molar-refractivity contribution in [2.24, 2.45) is 0 Å². The second-order valence-corrected chi connectivity index (χ2v) is 7.69. The molecule has 0 radical (unpaired) electrons. The van der Waals surface area contributed by atoms with Gasteiger partial charge in [-0.15, -0.1) is 0 Å². The number of methoxy groups -OCH3 is 6. The summed E-state index contributed by atoms with van der Waals surface area (Å²) in [7, 11) is 11.3. The first-order valence-corrected chi connectivity index (χ1v) is 10.6. The lowest BCUT2D eigenvalue weighted by atomic mass is 9.94. The zero-order chi connectivity index (χ0) is 24.8. The number of piperidine rings is 1. The van der Waals surface area contributed by atoms with E-state index in [1.807, 2.05) is 31.3 Å². The van der Waals surface area contributed by atoms with Crippen LogP contribution in [0.3, 0.4) is 0 Å². The van der Waals surface area contributed by atoms with E-state index >= 15 is 0 Å². The summed E-state index contributed by atoms with van der Waals surface area (Å²) in [6, 6.07) is 7.26. The minimum absolute atomic E-state index is 0.0493. The quantitative estimate of drug-likeness (QED) is 0.542. The molecule has 0 bridgehead atoms. The third-order valence-electron chi connectivity index (χ3n) is 5.59. The first-order valence-electron chi connectivity index (χ1n) is 10.6. The van der Waals surface area contributed by atoms with Crippen LogP contribution in [-0.2, 0) is 4.79 Å². The van der Waals surface area contributed by atoms with Gasteiger partial charge < -0.3 is 28.4 Å². The van der Waals surface area contributed by atoms with Gasteiger partial charge in [0, 0.05) is 35.4 Å². The summed E-state index contributed by atoms with van der Waals surface area (Å²) in [6.07, 6.45) is 3.66. The van der Waals surface area contributed by atoms with Gasteiger partial charge in [-0.25, -0.2) is 0 Å². The summed E-state index contributed by atoms with van der Waals surface area (Å²) in [4.78, 5) is 15.5. The number of hydrogen-bond acceptors (Lipinski definition) is 8. The van der Waals surface area contributed by atoms with Gasteiger partial charge in [0.05, 0.1) is 42.7 Å². The molecule has 1 heterocycles. The van der Waals surface area contributed by atoms with Gasteiger partial charge >= 0.3 is 0 Å². The number of ketones is 1. The highest BCUT2D eigenvalue weighted by molar-refractivity contribution is 6.15. The summed E-state index contributed by atoms with van der Waals surface area (Å²) in [6.45, 7) is 0.994. The molecule has 1 fully saturated rings. The van der Waals surface area contributed by atoms with Gasteiger partial charge in [0.2, 0.25) is 11.5 Å². The number of carbonyl (C=O) groups excluding carboxylic acids is 1. The van der Waals surface area contributed by atoms with Crippen molar-refractivity contribution >= 4 is 17.9 Å². The third kappa shape index (κ3) is 4.82. The number of ether oxygens (including phenoxy) is 6. The number of hydrogen-bond donors (Lipinski definition) is 0. The van der Waals surface area contributed by atoms with Gasteiger partial charge in [-0.3, -0.25) is 9.69 Å². The molecular formula is C26H31NO7. The van der Waals surface area contributed by atoms with E-state index in [-0.39, 0.29) is 5.78 Å². The zero-order valence-corrected chi connectivity index (χ0v) is 20.7. The van der Waals surface area contributed by atoms with E-state index in [1.54, 1.807) is 54.8 Å². The maximum atomic E-state index is 13.5. The highest BCUT2D eigenvalue weighted by Crippen LogP contribution is 2.42. The van der Waals surface area contributed by atoms with Crippen LogP contribution in [-0.4, -0.2) is 73.5 Å². The Morgan fingerprint density at radius 3 is 1.32 bits per heavy atom. The highest BCUT2D eigenvalue weighted by Gasteiger charge is 2.26. The first-order chi connectivity index (χ1) is 16.4. The van der Waals surface area contributed by atoms with E-state index in [9.17, 15) is 4.79 Å². The molecule has 3 rings (SSSR count). The molecule has 0 aliphatic carbocycles. The Labute approximate surface area is 200 Å². The van der Waals surface area contributed by atoms with E-state index in [2.05, 4.69) is 4.90 Å². The summed E-state index contributed by atoms with van der Waals surface area (Å²) < 4.78 is 32.8. The van der Waals surface area contributed by atoms with Crippen LogP contribution in [0, 0.1) is 0 Å². The van der Waals surface area contributed by atoms with Crippen LogP contribution in [0.4, 0.5) is 0 Å². The van der Waals surface area contributed by atoms with Gasteiger partial charge in [-0.1, -0.05) is 0 Å². The third-order valence-corrected chi connectivity index (χ3v) is 5.59. The van der Waals surface area contributed by atoms with Crippen molar-refractivity contribution in [1.29, 1.82) is 0 Å². The van der Waals surface area contributed by atoms with Crippen LogP contribution in [0.5, 0.6) is 34.5 Å². The molecule has 2 aromatic carbocycles. The predicted molar refractivity (Wildman–Crippen MR) is 131 cm³/mol. The minimum atomic E-state index is -0.0493. The Bertz CT molecular complexity index is 1040. The van der Waals surface area contributed by atoms with Crippen LogP contribution in [0.1, 0.15) is 11.1 Å². The molecule has 0 aromatic heterocycles. The lowest BCUT2D eigenvalue weighted by Gasteiger charge is -2.26. The molecule has 2 aromatic rings. The molecular weight excluding hydrogens is 438 g/mol. The average molecular weight is 470 g/mol. The minimum Gasteiger partial charge on any atom is -0.493 e. The Hall–Kier alpha value is -3.65. The van der Waals surface area contributed by atoms with Crippen LogP contribution in [0.25, 0.3) is 12.2 Å². The second-order valence-electron chi connectivity index (χ2n) is 7.69. The van der Waals surface area contributed by atoms with Crippen molar-refractivity contribution in [1.82, 2.24) is 4.90 Å². The van der Waals surface area contributed by atoms with Gasteiger partial charge in [-0.05, 0) is 43.5 Å². The van der Waals surface area contributed by atoms with Gasteiger partial charge in [-0.2, -0.15) is 0 Å². The molecule has 0 saturated carbocycles. The number of rotatable bonds is 8. The molecule has 1 aliphatic rings. The molecule has 182 valence electrons. The van der Waals surface area contributed by atoms with Crippen LogP contribution in [0.2, 0.25) is 0 Å². The van der Waals surface area contributed by atoms with Crippen LogP contribution < -0.4 is 28.4 Å². The lowest BCUT2D eigenvalue weighted by Crippen LogP contribution is -2.34. The maximum Gasteiger partial charge on any atom is 0.203 e. The Balaban J connectivity index is 2.07. The summed E-state index contributed by atoms with van der Waals surface area (Å²) in [5.74, 6) is 3.00. The SMILES string of the molecule is COc1ccc(/C=C2/CN(C)C/C(=C\c3ccc(OC)c(OC)c3OC)C2=O)c(OC)c1OC. The van der Waals surface area contributed by atoms with E-state index in [0.717, 1.165) is 11.1 Å². The Kier molecular flexibility index (Phi) is 8.07. The van der Waals surface area contributed by atoms with Crippen LogP contribution >= 0.6 is 0 Å². The number of nitrogens with zero attached hydrogens (tertiary/aromatic N) is 1. The molecule has 8 nitrogen and oxygen atoms in total. The van der Waals surface area contributed by atoms with Gasteiger partial charge in [0.25, 0.3) is 0 Å². The summed E-state index contributed by atoms with van der Waals surface area (Å²) >= 11 is 0. The topological polar surface area (TPSA) is 75.7 Å². The van der Waals surface area contributed by atoms with Crippen molar-refractivity contribution in [3.8, 4) is 34.5 Å². The van der Waals surface area contributed by atoms with E-state index in [1.165, 1.54) is 0 Å². The molecule has 1 saturated heterocycles. The lowest BCUT2D eigenvalue weighted by molar-refractivity contribution is -0.113. The average Bonchev–Trinajstić information content (AvgIpc) is 2.85. The summed E-state index contributed by atoms with van der Waals surface area (Å²) in [5.41, 5.74) is 2.71. The Morgan fingerprint density at radius 2 is 1.00 bits per heavy atom. The van der Waals surface area contributed by atoms with Crippen molar-refractivity contribution in [3.63, 3.8) is 0 Å². The van der Waals surface area contributed by atoms with E-state index in [4.69, 9.17) is 28.4 Å². The standard InChI is InChI=1S/C26H31NO7/c1-27-14-18(12-16-8-10-20(29-2)25(33-6)23(16)31-4)22(28)19(15-27)13-17-9-11-21(30-3)26(34-7)24(17)32-5/h8-13H,14-15H2,1-7H3/b18-12-,19-13+. The zero-order valence-electron chi connectivity index (χ0n) is 20.7. The largest absolute Gasteiger partial charge is 0.493 e. The smallest absolute Gasteiger partial charge is 0.203 e. The maximum absolute atomic E-state index is 13.5. The summed E-state index contributed by atoms with van der Waals surface area (Å²) in [5, 5.41) is 0. The fourth-order valence-corrected chi connectivity index (χ4v) is 4.06. The molecule has 0 amide bonds. The predicted octanol–water partition coefficient (Wildman–Crippen LogP) is 3.72. The van der Waals surface area contributed by atoms with E-state index in [0.29, 0.717) is 58.7 Å². The normalized spacial score (nSPS) is 16.5. The number of likely N-dealkylation sites (N-methyl/N-ethyl adjacent to an activating group) is 1. The van der Waals surface area contributed by atoms with Gasteiger partial charge in [0.1, 0.15) is 0 Å². The molecule has 34 heavy (non-hydrogen) atoms. The highest BCUT2D eigenvalue weighted by atomic mass is 16.5. The first kappa shape index (κ1) is 25.0. The fraction of sp³-hybridized carbons (Fsp3) is 0.346. The number of Topliss-reactive ketones (excluding diaryl/α,β-unsaturated/α-hetero) is 1. The van der Waals surface area contributed by atoms with Crippen molar-refractivity contribution in [2.75, 3.05) is 62.8 Å². The second kappa shape index (κ2) is 11.0. The van der Waals surface area contributed by atoms with Crippen molar-refractivity contribution in [3.05, 3.63) is 46.5 Å². The molecule has 0 atom stereocenters. The molecule has 0 spiro atoms. The number of likely N-dealkylation sites (tertiary alicyclic amines) is 1. The molecule has 0 unspecified atom stereocenters. The van der Waals surface area contributed by atoms with Gasteiger partial charge in [0.15, 0.2) is 28.8 Å². The Morgan fingerprint density at radius 1 is 0.618 bits per heavy atom. The molecule has 0 N–H and O–H groups in total. The fourth-order valence-electron chi connectivity index (χ4n) is 4.06. The molecule has 1 aliphatic heterocycles. The number of benzene rings is 2. The number of carbonyl (C=O) groups is 1. The van der Waals surface area contributed by atoms with E-state index < -0.39 is 0 Å². The van der Waals surface area contributed by atoms with Crippen molar-refractivity contribution < 1.29 is 33.2 Å². The van der Waals surface area contributed by atoms with Crippen LogP contribution in [0.15, 0.2) is 35.4 Å². The molecule has 8 heteroatoms.